The molecule has 0 saturated carbocycles. The van der Waals surface area contributed by atoms with E-state index in [4.69, 9.17) is 4.74 Å². The van der Waals surface area contributed by atoms with Gasteiger partial charge in [0.2, 0.25) is 0 Å². The van der Waals surface area contributed by atoms with Crippen molar-refractivity contribution in [3.05, 3.63) is 47.3 Å². The van der Waals surface area contributed by atoms with Gasteiger partial charge in [-0.05, 0) is 19.1 Å². The number of rotatable bonds is 2. The number of carbonyl (C=O) groups is 2. The predicted octanol–water partition coefficient (Wildman–Crippen LogP) is 2.09. The summed E-state index contributed by atoms with van der Waals surface area (Å²) in [5.74, 6) is -0.183. The molecule has 7 heteroatoms. The van der Waals surface area contributed by atoms with Gasteiger partial charge >= 0.3 is 0 Å². The maximum atomic E-state index is 13.0. The Labute approximate surface area is 137 Å². The number of amides is 2. The van der Waals surface area contributed by atoms with E-state index in [-0.39, 0.29) is 11.8 Å². The number of pyridine rings is 1. The number of anilines is 1. The Bertz CT molecular complexity index is 1020. The molecule has 0 atom stereocenters. The third kappa shape index (κ3) is 1.78. The summed E-state index contributed by atoms with van der Waals surface area (Å²) in [7, 11) is 3.30. The highest BCUT2D eigenvalue weighted by Crippen LogP contribution is 2.34. The molecule has 3 aromatic rings. The summed E-state index contributed by atoms with van der Waals surface area (Å²) in [4.78, 5) is 31.2. The topological polar surface area (TPSA) is 77.3 Å². The van der Waals surface area contributed by atoms with Crippen molar-refractivity contribution in [2.24, 2.45) is 7.05 Å². The minimum atomic E-state index is -0.388. The van der Waals surface area contributed by atoms with Crippen LogP contribution in [0, 0.1) is 6.92 Å². The number of hydrogen-bond acceptors (Lipinski definition) is 5. The molecule has 0 N–H and O–H groups in total. The number of aryl methyl sites for hydroxylation is 2. The number of nitrogens with zero attached hydrogens (tertiary/aromatic N) is 4. The van der Waals surface area contributed by atoms with Gasteiger partial charge in [-0.15, -0.1) is 0 Å². The summed E-state index contributed by atoms with van der Waals surface area (Å²) in [6.07, 6.45) is 1.44. The Hall–Kier alpha value is -3.22. The lowest BCUT2D eigenvalue weighted by atomic mass is 10.1. The molecule has 24 heavy (non-hydrogen) atoms. The van der Waals surface area contributed by atoms with Crippen molar-refractivity contribution >= 4 is 28.5 Å². The van der Waals surface area contributed by atoms with E-state index in [2.05, 4.69) is 10.1 Å². The Morgan fingerprint density at radius 3 is 2.71 bits per heavy atom. The molecule has 7 nitrogen and oxygen atoms in total. The SMILES string of the molecule is COc1cccc(N2C(=O)c3cnc4c(c(C)nn4C)c3C2=O)c1. The van der Waals surface area contributed by atoms with Crippen LogP contribution in [0.15, 0.2) is 30.5 Å². The first-order valence-corrected chi connectivity index (χ1v) is 7.38. The maximum Gasteiger partial charge on any atom is 0.267 e. The molecule has 1 aliphatic heterocycles. The molecular formula is C17H14N4O3. The van der Waals surface area contributed by atoms with Gasteiger partial charge in [0, 0.05) is 19.3 Å². The molecule has 2 aromatic heterocycles. The number of methoxy groups -OCH3 is 1. The number of fused-ring (bicyclic) bond motifs is 3. The van der Waals surface area contributed by atoms with Gasteiger partial charge in [0.05, 0.1) is 35.0 Å². The lowest BCUT2D eigenvalue weighted by Gasteiger charge is -2.14. The van der Waals surface area contributed by atoms with Crippen LogP contribution in [0.2, 0.25) is 0 Å². The molecule has 120 valence electrons. The van der Waals surface area contributed by atoms with Crippen molar-refractivity contribution in [3.63, 3.8) is 0 Å². The number of imide groups is 1. The molecule has 1 aliphatic rings. The lowest BCUT2D eigenvalue weighted by Crippen LogP contribution is -2.29. The van der Waals surface area contributed by atoms with Gasteiger partial charge in [0.1, 0.15) is 5.75 Å². The zero-order chi connectivity index (χ0) is 17.0. The molecule has 0 radical (unpaired) electrons. The molecule has 0 bridgehead atoms. The fourth-order valence-corrected chi connectivity index (χ4v) is 3.10. The predicted molar refractivity (Wildman–Crippen MR) is 87.4 cm³/mol. The highest BCUT2D eigenvalue weighted by molar-refractivity contribution is 6.37. The standard InChI is InChI=1S/C17H14N4O3/c1-9-13-14-12(8-18-15(13)20(2)19-9)16(22)21(17(14)23)10-5-4-6-11(7-10)24-3/h4-8H,1-3H3. The van der Waals surface area contributed by atoms with Gasteiger partial charge in [-0.2, -0.15) is 5.10 Å². The lowest BCUT2D eigenvalue weighted by molar-refractivity contribution is 0.0926. The normalized spacial score (nSPS) is 13.7. The second kappa shape index (κ2) is 4.89. The largest absolute Gasteiger partial charge is 0.497 e. The molecule has 2 amide bonds. The van der Waals surface area contributed by atoms with Gasteiger partial charge in [-0.1, -0.05) is 6.07 Å². The second-order valence-corrected chi connectivity index (χ2v) is 5.60. The molecule has 4 rings (SSSR count). The molecule has 3 heterocycles. The molecule has 1 aromatic carbocycles. The summed E-state index contributed by atoms with van der Waals surface area (Å²) in [5, 5.41) is 4.93. The van der Waals surface area contributed by atoms with Crippen molar-refractivity contribution in [3.8, 4) is 5.75 Å². The van der Waals surface area contributed by atoms with E-state index >= 15 is 0 Å². The molecule has 0 unspecified atom stereocenters. The fourth-order valence-electron chi connectivity index (χ4n) is 3.10. The first kappa shape index (κ1) is 14.4. The van der Waals surface area contributed by atoms with Gasteiger partial charge in [-0.25, -0.2) is 9.88 Å². The highest BCUT2D eigenvalue weighted by Gasteiger charge is 2.39. The summed E-state index contributed by atoms with van der Waals surface area (Å²) >= 11 is 0. The van der Waals surface area contributed by atoms with Crippen LogP contribution in [0.1, 0.15) is 26.4 Å². The molecule has 0 fully saturated rings. The van der Waals surface area contributed by atoms with E-state index in [0.29, 0.717) is 39.3 Å². The minimum Gasteiger partial charge on any atom is -0.497 e. The van der Waals surface area contributed by atoms with E-state index in [1.807, 2.05) is 0 Å². The van der Waals surface area contributed by atoms with Crippen LogP contribution < -0.4 is 9.64 Å². The first-order valence-electron chi connectivity index (χ1n) is 7.38. The van der Waals surface area contributed by atoms with Crippen molar-refractivity contribution in [2.75, 3.05) is 12.0 Å². The fraction of sp³-hybridized carbons (Fsp3) is 0.176. The Morgan fingerprint density at radius 1 is 1.17 bits per heavy atom. The van der Waals surface area contributed by atoms with E-state index in [9.17, 15) is 9.59 Å². The van der Waals surface area contributed by atoms with Gasteiger partial charge in [0.25, 0.3) is 11.8 Å². The van der Waals surface area contributed by atoms with Crippen LogP contribution in [0.3, 0.4) is 0 Å². The van der Waals surface area contributed by atoms with Crippen LogP contribution in [-0.4, -0.2) is 33.7 Å². The van der Waals surface area contributed by atoms with Crippen molar-refractivity contribution in [1.29, 1.82) is 0 Å². The highest BCUT2D eigenvalue weighted by atomic mass is 16.5. The summed E-state index contributed by atoms with van der Waals surface area (Å²) < 4.78 is 6.79. The van der Waals surface area contributed by atoms with Crippen molar-refractivity contribution < 1.29 is 14.3 Å². The third-order valence-electron chi connectivity index (χ3n) is 4.19. The number of benzene rings is 1. The van der Waals surface area contributed by atoms with E-state index in [1.165, 1.54) is 13.3 Å². The smallest absolute Gasteiger partial charge is 0.267 e. The van der Waals surface area contributed by atoms with Crippen molar-refractivity contribution in [2.45, 2.75) is 6.92 Å². The molecule has 0 aliphatic carbocycles. The first-order chi connectivity index (χ1) is 11.5. The van der Waals surface area contributed by atoms with Crippen LogP contribution in [0.5, 0.6) is 5.75 Å². The average molecular weight is 322 g/mol. The van der Waals surface area contributed by atoms with Gasteiger partial charge in [-0.3, -0.25) is 14.3 Å². The number of hydrogen-bond donors (Lipinski definition) is 0. The van der Waals surface area contributed by atoms with Crippen LogP contribution in [0.25, 0.3) is 11.0 Å². The quantitative estimate of drug-likeness (QED) is 0.675. The summed E-state index contributed by atoms with van der Waals surface area (Å²) in [6, 6.07) is 6.85. The maximum absolute atomic E-state index is 13.0. The monoisotopic (exact) mass is 322 g/mol. The molecular weight excluding hydrogens is 308 g/mol. The molecule has 0 spiro atoms. The van der Waals surface area contributed by atoms with Gasteiger partial charge in [0.15, 0.2) is 5.65 Å². The van der Waals surface area contributed by atoms with Gasteiger partial charge < -0.3 is 4.74 Å². The van der Waals surface area contributed by atoms with E-state index in [1.54, 1.807) is 42.9 Å². The molecule has 0 saturated heterocycles. The second-order valence-electron chi connectivity index (χ2n) is 5.60. The van der Waals surface area contributed by atoms with E-state index < -0.39 is 0 Å². The van der Waals surface area contributed by atoms with E-state index in [0.717, 1.165) is 4.90 Å². The number of carbonyl (C=O) groups excluding carboxylic acids is 2. The Morgan fingerprint density at radius 2 is 1.96 bits per heavy atom. The zero-order valence-electron chi connectivity index (χ0n) is 13.4. The minimum absolute atomic E-state index is 0.298. The Balaban J connectivity index is 1.94. The number of ether oxygens (including phenoxy) is 1. The Kier molecular flexibility index (Phi) is 2.93. The van der Waals surface area contributed by atoms with Crippen LogP contribution >= 0.6 is 0 Å². The third-order valence-corrected chi connectivity index (χ3v) is 4.19. The van der Waals surface area contributed by atoms with Crippen LogP contribution in [0.4, 0.5) is 5.69 Å². The van der Waals surface area contributed by atoms with Crippen molar-refractivity contribution in [1.82, 2.24) is 14.8 Å². The average Bonchev–Trinajstić information content (AvgIpc) is 3.02. The summed E-state index contributed by atoms with van der Waals surface area (Å²) in [6.45, 7) is 1.80. The summed E-state index contributed by atoms with van der Waals surface area (Å²) in [5.41, 5.74) is 2.38. The van der Waals surface area contributed by atoms with Crippen LogP contribution in [-0.2, 0) is 7.05 Å². The number of aromatic nitrogens is 3. The zero-order valence-corrected chi connectivity index (χ0v) is 13.4.